The Morgan fingerprint density at radius 2 is 1.09 bits per heavy atom. The quantitative estimate of drug-likeness (QED) is 0.339. The number of aliphatic hydroxyl groups is 1. The predicted molar refractivity (Wildman–Crippen MR) is 129 cm³/mol. The van der Waals surface area contributed by atoms with Gasteiger partial charge in [0.25, 0.3) is 0 Å². The van der Waals surface area contributed by atoms with Crippen LogP contribution in [0.3, 0.4) is 0 Å². The van der Waals surface area contributed by atoms with Crippen molar-refractivity contribution in [1.82, 2.24) is 0 Å². The van der Waals surface area contributed by atoms with Gasteiger partial charge in [0, 0.05) is 5.41 Å². The zero-order valence-corrected chi connectivity index (χ0v) is 19.2. The number of hydrogen-bond donors (Lipinski definition) is 1. The average Bonchev–Trinajstić information content (AvgIpc) is 2.81. The molecule has 0 aliphatic heterocycles. The summed E-state index contributed by atoms with van der Waals surface area (Å²) in [6.45, 7) is 0. The van der Waals surface area contributed by atoms with Gasteiger partial charge in [0.15, 0.2) is 14.7 Å². The molecule has 3 aromatic carbocycles. The maximum Gasteiger partial charge on any atom is 0.203 e. The summed E-state index contributed by atoms with van der Waals surface area (Å²) in [5.74, 6) is 3.20. The van der Waals surface area contributed by atoms with Crippen molar-refractivity contribution in [2.45, 2.75) is 59.5 Å². The van der Waals surface area contributed by atoms with Gasteiger partial charge >= 0.3 is 0 Å². The molecule has 3 aromatic rings. The molecule has 1 atom stereocenters. The molecule has 4 bridgehead atoms. The highest BCUT2D eigenvalue weighted by atomic mass is 32.2. The minimum absolute atomic E-state index is 0.0220. The number of ether oxygens (including phenoxy) is 1. The average molecular weight is 444 g/mol. The SMILES string of the molecule is OC(Oc1ccc([S+](c2ccccc2)c2ccccc2)cc1)C12CC3CC(CC(C3)C1)C2. The topological polar surface area (TPSA) is 29.5 Å². The van der Waals surface area contributed by atoms with Crippen molar-refractivity contribution in [1.29, 1.82) is 0 Å². The molecule has 4 fully saturated rings. The van der Waals surface area contributed by atoms with Crippen LogP contribution in [0.15, 0.2) is 99.6 Å². The van der Waals surface area contributed by atoms with E-state index in [9.17, 15) is 5.11 Å². The summed E-state index contributed by atoms with van der Waals surface area (Å²) in [5.41, 5.74) is -0.0220. The summed E-state index contributed by atoms with van der Waals surface area (Å²) in [6.07, 6.45) is 6.87. The Labute approximate surface area is 194 Å². The van der Waals surface area contributed by atoms with E-state index in [4.69, 9.17) is 4.74 Å². The Balaban J connectivity index is 1.24. The van der Waals surface area contributed by atoms with E-state index in [0.29, 0.717) is 0 Å². The molecule has 2 nitrogen and oxygen atoms in total. The molecule has 4 aliphatic carbocycles. The van der Waals surface area contributed by atoms with Crippen LogP contribution in [0.4, 0.5) is 0 Å². The van der Waals surface area contributed by atoms with E-state index in [2.05, 4.69) is 72.8 Å². The van der Waals surface area contributed by atoms with Gasteiger partial charge in [-0.15, -0.1) is 0 Å². The molecular weight excluding hydrogens is 412 g/mol. The molecule has 32 heavy (non-hydrogen) atoms. The smallest absolute Gasteiger partial charge is 0.203 e. The van der Waals surface area contributed by atoms with Crippen LogP contribution in [0.5, 0.6) is 5.75 Å². The van der Waals surface area contributed by atoms with Crippen molar-refractivity contribution in [3.05, 3.63) is 84.9 Å². The fraction of sp³-hybridized carbons (Fsp3) is 0.379. The number of rotatable bonds is 6. The zero-order valence-electron chi connectivity index (χ0n) is 18.4. The molecular formula is C29H31O2S+. The van der Waals surface area contributed by atoms with Crippen LogP contribution in [-0.4, -0.2) is 11.4 Å². The van der Waals surface area contributed by atoms with Crippen LogP contribution in [0.25, 0.3) is 0 Å². The monoisotopic (exact) mass is 443 g/mol. The Kier molecular flexibility index (Phi) is 5.27. The first-order valence-corrected chi connectivity index (χ1v) is 13.2. The third-order valence-electron chi connectivity index (χ3n) is 7.87. The first kappa shape index (κ1) is 20.4. The van der Waals surface area contributed by atoms with Crippen LogP contribution in [0, 0.1) is 23.2 Å². The molecule has 0 saturated heterocycles. The van der Waals surface area contributed by atoms with Gasteiger partial charge in [-0.2, -0.15) is 0 Å². The van der Waals surface area contributed by atoms with E-state index < -0.39 is 6.29 Å². The minimum Gasteiger partial charge on any atom is -0.465 e. The molecule has 0 spiro atoms. The van der Waals surface area contributed by atoms with Gasteiger partial charge in [0.2, 0.25) is 6.29 Å². The lowest BCUT2D eigenvalue weighted by atomic mass is 9.49. The van der Waals surface area contributed by atoms with Gasteiger partial charge in [-0.1, -0.05) is 36.4 Å². The van der Waals surface area contributed by atoms with Crippen LogP contribution >= 0.6 is 0 Å². The summed E-state index contributed by atoms with van der Waals surface area (Å²) in [7, 11) is -0.162. The van der Waals surface area contributed by atoms with Crippen LogP contribution < -0.4 is 4.74 Å². The van der Waals surface area contributed by atoms with Crippen LogP contribution in [-0.2, 0) is 10.9 Å². The van der Waals surface area contributed by atoms with E-state index in [1.54, 1.807) is 0 Å². The van der Waals surface area contributed by atoms with Gasteiger partial charge in [-0.25, -0.2) is 0 Å². The van der Waals surface area contributed by atoms with Crippen molar-refractivity contribution in [3.63, 3.8) is 0 Å². The number of aliphatic hydroxyl groups excluding tert-OH is 1. The molecule has 1 unspecified atom stereocenters. The summed E-state index contributed by atoms with van der Waals surface area (Å²) in [6, 6.07) is 29.8. The lowest BCUT2D eigenvalue weighted by molar-refractivity contribution is -0.190. The van der Waals surface area contributed by atoms with E-state index in [0.717, 1.165) is 42.8 Å². The molecule has 4 aliphatic rings. The van der Waals surface area contributed by atoms with Crippen LogP contribution in [0.1, 0.15) is 38.5 Å². The third-order valence-corrected chi connectivity index (χ3v) is 10.1. The second-order valence-corrected chi connectivity index (χ2v) is 12.2. The highest BCUT2D eigenvalue weighted by molar-refractivity contribution is 7.97. The molecule has 0 amide bonds. The van der Waals surface area contributed by atoms with Gasteiger partial charge in [0.1, 0.15) is 5.75 Å². The van der Waals surface area contributed by atoms with E-state index >= 15 is 0 Å². The van der Waals surface area contributed by atoms with Gasteiger partial charge in [0.05, 0.1) is 10.9 Å². The zero-order chi connectivity index (χ0) is 21.5. The van der Waals surface area contributed by atoms with Gasteiger partial charge in [-0.3, -0.25) is 0 Å². The van der Waals surface area contributed by atoms with Gasteiger partial charge in [-0.05, 0) is 105 Å². The van der Waals surface area contributed by atoms with E-state index in [1.165, 1.54) is 33.9 Å². The lowest BCUT2D eigenvalue weighted by Gasteiger charge is -2.57. The molecule has 1 N–H and O–H groups in total. The van der Waals surface area contributed by atoms with Crippen molar-refractivity contribution in [2.75, 3.05) is 0 Å². The first-order chi connectivity index (χ1) is 15.7. The standard InChI is InChI=1S/C29H31O2S/c30-28(29-18-21-15-22(19-29)17-23(16-21)20-29)31-24-11-13-27(14-12-24)32(25-7-3-1-4-8-25)26-9-5-2-6-10-26/h1-14,21-23,28,30H,15-20H2/q+1. The van der Waals surface area contributed by atoms with Crippen LogP contribution in [0.2, 0.25) is 0 Å². The van der Waals surface area contributed by atoms with E-state index in [-0.39, 0.29) is 16.3 Å². The lowest BCUT2D eigenvalue weighted by Crippen LogP contribution is -2.53. The van der Waals surface area contributed by atoms with Crippen molar-refractivity contribution in [3.8, 4) is 5.75 Å². The maximum atomic E-state index is 11.2. The highest BCUT2D eigenvalue weighted by Crippen LogP contribution is 2.61. The second-order valence-electron chi connectivity index (χ2n) is 10.2. The fourth-order valence-corrected chi connectivity index (χ4v) is 8.99. The van der Waals surface area contributed by atoms with Crippen molar-refractivity contribution >= 4 is 10.9 Å². The third kappa shape index (κ3) is 3.76. The number of hydrogen-bond acceptors (Lipinski definition) is 2. The number of benzene rings is 3. The Hall–Kier alpha value is -2.23. The van der Waals surface area contributed by atoms with Crippen molar-refractivity contribution in [2.24, 2.45) is 23.2 Å². The normalized spacial score (nSPS) is 29.2. The minimum atomic E-state index is -0.691. The molecule has 164 valence electrons. The molecule has 0 heterocycles. The highest BCUT2D eigenvalue weighted by Gasteiger charge is 2.55. The second kappa shape index (κ2) is 8.28. The summed E-state index contributed by atoms with van der Waals surface area (Å²) < 4.78 is 6.20. The van der Waals surface area contributed by atoms with E-state index in [1.807, 2.05) is 12.1 Å². The fourth-order valence-electron chi connectivity index (χ4n) is 6.91. The Bertz CT molecular complexity index is 973. The maximum absolute atomic E-state index is 11.2. The summed E-state index contributed by atoms with van der Waals surface area (Å²) in [5, 5.41) is 11.2. The summed E-state index contributed by atoms with van der Waals surface area (Å²) in [4.78, 5) is 3.88. The molecule has 0 aromatic heterocycles. The van der Waals surface area contributed by atoms with Crippen molar-refractivity contribution < 1.29 is 9.84 Å². The molecule has 7 rings (SSSR count). The Morgan fingerprint density at radius 3 is 1.56 bits per heavy atom. The predicted octanol–water partition coefficient (Wildman–Crippen LogP) is 6.70. The van der Waals surface area contributed by atoms with Gasteiger partial charge < -0.3 is 9.84 Å². The Morgan fingerprint density at radius 1 is 0.656 bits per heavy atom. The molecule has 3 heteroatoms. The molecule has 4 saturated carbocycles. The largest absolute Gasteiger partial charge is 0.465 e. The molecule has 0 radical (unpaired) electrons. The first-order valence-electron chi connectivity index (χ1n) is 12.0. The summed E-state index contributed by atoms with van der Waals surface area (Å²) >= 11 is 0.